The fraction of sp³-hybridized carbons (Fsp3) is 0.118. The third-order valence-electron chi connectivity index (χ3n) is 3.57. The Balaban J connectivity index is 2.13. The SMILES string of the molecule is COc1ccccc1-n1nc(Cl)cc1-c1ccc(S(C)(=O)=O)cc1. The number of para-hydroxylation sites is 2. The predicted molar refractivity (Wildman–Crippen MR) is 93.7 cm³/mol. The van der Waals surface area contributed by atoms with Crippen molar-refractivity contribution >= 4 is 21.4 Å². The Morgan fingerprint density at radius 1 is 1.08 bits per heavy atom. The van der Waals surface area contributed by atoms with Crippen LogP contribution in [-0.4, -0.2) is 31.6 Å². The summed E-state index contributed by atoms with van der Waals surface area (Å²) in [6.07, 6.45) is 1.18. The Morgan fingerprint density at radius 2 is 1.75 bits per heavy atom. The first-order chi connectivity index (χ1) is 11.4. The van der Waals surface area contributed by atoms with Crippen LogP contribution in [0.25, 0.3) is 16.9 Å². The number of nitrogens with zero attached hydrogens (tertiary/aromatic N) is 2. The van der Waals surface area contributed by atoms with E-state index in [2.05, 4.69) is 5.10 Å². The van der Waals surface area contributed by atoms with E-state index in [0.717, 1.165) is 16.9 Å². The van der Waals surface area contributed by atoms with E-state index in [1.165, 1.54) is 6.26 Å². The lowest BCUT2D eigenvalue weighted by Gasteiger charge is -2.11. The van der Waals surface area contributed by atoms with Crippen LogP contribution in [0.5, 0.6) is 5.75 Å². The Kier molecular flexibility index (Phi) is 4.34. The lowest BCUT2D eigenvalue weighted by molar-refractivity contribution is 0.412. The van der Waals surface area contributed by atoms with Crippen molar-refractivity contribution in [2.24, 2.45) is 0 Å². The highest BCUT2D eigenvalue weighted by molar-refractivity contribution is 7.90. The summed E-state index contributed by atoms with van der Waals surface area (Å²) in [4.78, 5) is 0.265. The molecule has 3 aromatic rings. The third kappa shape index (κ3) is 3.16. The van der Waals surface area contributed by atoms with E-state index in [0.29, 0.717) is 10.9 Å². The summed E-state index contributed by atoms with van der Waals surface area (Å²) in [7, 11) is -1.65. The van der Waals surface area contributed by atoms with Crippen molar-refractivity contribution in [2.45, 2.75) is 4.90 Å². The van der Waals surface area contributed by atoms with Gasteiger partial charge in [0.2, 0.25) is 0 Å². The van der Waals surface area contributed by atoms with Crippen molar-refractivity contribution in [2.75, 3.05) is 13.4 Å². The summed E-state index contributed by atoms with van der Waals surface area (Å²) in [5, 5.41) is 4.66. The number of hydrogen-bond acceptors (Lipinski definition) is 4. The molecule has 0 aliphatic heterocycles. The van der Waals surface area contributed by atoms with Gasteiger partial charge in [0.05, 0.1) is 17.7 Å². The maximum absolute atomic E-state index is 11.6. The number of ether oxygens (including phenoxy) is 1. The van der Waals surface area contributed by atoms with Gasteiger partial charge in [-0.2, -0.15) is 5.10 Å². The molecule has 0 unspecified atom stereocenters. The summed E-state index contributed by atoms with van der Waals surface area (Å²) >= 11 is 6.10. The van der Waals surface area contributed by atoms with Crippen LogP contribution in [0.3, 0.4) is 0 Å². The van der Waals surface area contributed by atoms with Gasteiger partial charge in [0.15, 0.2) is 15.0 Å². The number of rotatable bonds is 4. The van der Waals surface area contributed by atoms with Gasteiger partial charge in [-0.3, -0.25) is 0 Å². The highest BCUT2D eigenvalue weighted by Crippen LogP contribution is 2.30. The molecule has 124 valence electrons. The zero-order valence-corrected chi connectivity index (χ0v) is 14.7. The van der Waals surface area contributed by atoms with E-state index >= 15 is 0 Å². The molecule has 0 amide bonds. The van der Waals surface area contributed by atoms with E-state index in [1.807, 2.05) is 24.3 Å². The predicted octanol–water partition coefficient (Wildman–Crippen LogP) is 3.60. The van der Waals surface area contributed by atoms with Crippen LogP contribution in [0, 0.1) is 0 Å². The molecule has 0 saturated heterocycles. The number of benzene rings is 2. The number of methoxy groups -OCH3 is 1. The van der Waals surface area contributed by atoms with Gasteiger partial charge in [0.25, 0.3) is 0 Å². The molecule has 24 heavy (non-hydrogen) atoms. The molecule has 1 aromatic heterocycles. The lowest BCUT2D eigenvalue weighted by Crippen LogP contribution is -2.02. The first-order valence-electron chi connectivity index (χ1n) is 7.09. The molecule has 2 aromatic carbocycles. The van der Waals surface area contributed by atoms with Crippen LogP contribution in [0.2, 0.25) is 5.15 Å². The molecular formula is C17H15ClN2O3S. The molecule has 0 atom stereocenters. The van der Waals surface area contributed by atoms with Crippen LogP contribution in [0.4, 0.5) is 0 Å². The average Bonchev–Trinajstić information content (AvgIpc) is 2.96. The maximum Gasteiger partial charge on any atom is 0.175 e. The van der Waals surface area contributed by atoms with Gasteiger partial charge in [-0.05, 0) is 24.3 Å². The first kappa shape index (κ1) is 16.5. The first-order valence-corrected chi connectivity index (χ1v) is 9.36. The molecule has 0 aliphatic rings. The van der Waals surface area contributed by atoms with E-state index in [4.69, 9.17) is 16.3 Å². The summed E-state index contributed by atoms with van der Waals surface area (Å²) in [6.45, 7) is 0. The minimum atomic E-state index is -3.24. The molecule has 0 aliphatic carbocycles. The smallest absolute Gasteiger partial charge is 0.175 e. The molecule has 0 radical (unpaired) electrons. The van der Waals surface area contributed by atoms with Crippen molar-refractivity contribution in [1.29, 1.82) is 0 Å². The summed E-state index contributed by atoms with van der Waals surface area (Å²) < 4.78 is 30.3. The second kappa shape index (κ2) is 6.30. The minimum Gasteiger partial charge on any atom is -0.494 e. The van der Waals surface area contributed by atoms with Gasteiger partial charge in [-0.25, -0.2) is 13.1 Å². The van der Waals surface area contributed by atoms with E-state index in [9.17, 15) is 8.42 Å². The molecule has 7 heteroatoms. The zero-order chi connectivity index (χ0) is 17.3. The van der Waals surface area contributed by atoms with E-state index in [-0.39, 0.29) is 4.90 Å². The Labute approximate surface area is 145 Å². The maximum atomic E-state index is 11.6. The zero-order valence-electron chi connectivity index (χ0n) is 13.1. The second-order valence-corrected chi connectivity index (χ2v) is 7.64. The quantitative estimate of drug-likeness (QED) is 0.711. The van der Waals surface area contributed by atoms with Crippen LogP contribution >= 0.6 is 11.6 Å². The van der Waals surface area contributed by atoms with Crippen molar-refractivity contribution in [3.05, 3.63) is 59.8 Å². The number of aromatic nitrogens is 2. The summed E-state index contributed by atoms with van der Waals surface area (Å²) in [5.74, 6) is 0.659. The monoisotopic (exact) mass is 362 g/mol. The molecule has 0 fully saturated rings. The van der Waals surface area contributed by atoms with Crippen LogP contribution < -0.4 is 4.74 Å². The lowest BCUT2D eigenvalue weighted by atomic mass is 10.1. The summed E-state index contributed by atoms with van der Waals surface area (Å²) in [5.41, 5.74) is 2.28. The topological polar surface area (TPSA) is 61.2 Å². The van der Waals surface area contributed by atoms with Crippen molar-refractivity contribution in [1.82, 2.24) is 9.78 Å². The largest absolute Gasteiger partial charge is 0.494 e. The Bertz CT molecular complexity index is 979. The Morgan fingerprint density at radius 3 is 2.38 bits per heavy atom. The van der Waals surface area contributed by atoms with Gasteiger partial charge in [0, 0.05) is 17.9 Å². The summed E-state index contributed by atoms with van der Waals surface area (Å²) in [6, 6.07) is 15.8. The van der Waals surface area contributed by atoms with E-state index in [1.54, 1.807) is 42.1 Å². The molecule has 0 bridgehead atoms. The van der Waals surface area contributed by atoms with Gasteiger partial charge in [0.1, 0.15) is 11.4 Å². The van der Waals surface area contributed by atoms with Crippen molar-refractivity contribution < 1.29 is 13.2 Å². The normalized spacial score (nSPS) is 11.5. The fourth-order valence-corrected chi connectivity index (χ4v) is 3.23. The van der Waals surface area contributed by atoms with Crippen LogP contribution in [0.1, 0.15) is 0 Å². The van der Waals surface area contributed by atoms with Gasteiger partial charge < -0.3 is 4.74 Å². The number of hydrogen-bond donors (Lipinski definition) is 0. The average molecular weight is 363 g/mol. The van der Waals surface area contributed by atoms with Crippen molar-refractivity contribution in [3.8, 4) is 22.7 Å². The molecule has 0 saturated carbocycles. The third-order valence-corrected chi connectivity index (χ3v) is 4.88. The molecule has 1 heterocycles. The molecule has 0 N–H and O–H groups in total. The fourth-order valence-electron chi connectivity index (χ4n) is 2.42. The van der Waals surface area contributed by atoms with E-state index < -0.39 is 9.84 Å². The molecule has 5 nitrogen and oxygen atoms in total. The molecule has 3 rings (SSSR count). The van der Waals surface area contributed by atoms with Crippen molar-refractivity contribution in [3.63, 3.8) is 0 Å². The molecule has 0 spiro atoms. The molecular weight excluding hydrogens is 348 g/mol. The Hall–Kier alpha value is -2.31. The number of sulfone groups is 1. The second-order valence-electron chi connectivity index (χ2n) is 5.23. The minimum absolute atomic E-state index is 0.265. The number of halogens is 1. The van der Waals surface area contributed by atoms with Crippen LogP contribution in [-0.2, 0) is 9.84 Å². The van der Waals surface area contributed by atoms with Gasteiger partial charge in [-0.1, -0.05) is 35.9 Å². The highest BCUT2D eigenvalue weighted by atomic mass is 35.5. The van der Waals surface area contributed by atoms with Crippen LogP contribution in [0.15, 0.2) is 59.5 Å². The van der Waals surface area contributed by atoms with Gasteiger partial charge >= 0.3 is 0 Å². The highest BCUT2D eigenvalue weighted by Gasteiger charge is 2.15. The standard InChI is InChI=1S/C17H15ClN2O3S/c1-23-16-6-4-3-5-14(16)20-15(11-17(18)19-20)12-7-9-13(10-8-12)24(2,21)22/h3-11H,1-2H3. The van der Waals surface area contributed by atoms with Gasteiger partial charge in [-0.15, -0.1) is 0 Å².